The Balaban J connectivity index is 3.86. The van der Waals surface area contributed by atoms with E-state index in [1.165, 1.54) is 70.6 Å². The minimum Gasteiger partial charge on any atom is -0.414 e. The van der Waals surface area contributed by atoms with E-state index in [0.717, 1.165) is 12.5 Å². The van der Waals surface area contributed by atoms with Gasteiger partial charge in [0.1, 0.15) is 0 Å². The molecule has 0 fully saturated rings. The van der Waals surface area contributed by atoms with Crippen LogP contribution in [0.1, 0.15) is 97.3 Å². The van der Waals surface area contributed by atoms with Crippen molar-refractivity contribution in [2.24, 2.45) is 0 Å². The molecular formula is C20H41NOSi. The molecule has 0 spiro atoms. The van der Waals surface area contributed by atoms with E-state index in [2.05, 4.69) is 33.0 Å². The van der Waals surface area contributed by atoms with E-state index in [1.54, 1.807) is 0 Å². The standard InChI is InChI=1S/C20H41NOSi/c1-5-7-8-9-10-11-12-13-17-20(16-6-2)22-23(3,4)19-15-14-18-21/h20H,5-17,19H2,1-4H3. The van der Waals surface area contributed by atoms with E-state index >= 15 is 0 Å². The van der Waals surface area contributed by atoms with Gasteiger partial charge >= 0.3 is 0 Å². The molecule has 1 unspecified atom stereocenters. The highest BCUT2D eigenvalue weighted by molar-refractivity contribution is 6.71. The SMILES string of the molecule is CCCCCCCCCCC(CCC)O[Si](C)(C)CCCC#N. The van der Waals surface area contributed by atoms with Gasteiger partial charge in [-0.3, -0.25) is 0 Å². The van der Waals surface area contributed by atoms with Gasteiger partial charge in [0.25, 0.3) is 0 Å². The molecule has 0 saturated heterocycles. The van der Waals surface area contributed by atoms with Gasteiger partial charge in [0.05, 0.1) is 6.07 Å². The van der Waals surface area contributed by atoms with Crippen LogP contribution in [0.5, 0.6) is 0 Å². The summed E-state index contributed by atoms with van der Waals surface area (Å²) in [5.74, 6) is 0. The Kier molecular flexibility index (Phi) is 15.0. The molecule has 0 aromatic heterocycles. The molecule has 0 rings (SSSR count). The van der Waals surface area contributed by atoms with Gasteiger partial charge in [0.2, 0.25) is 0 Å². The van der Waals surface area contributed by atoms with Crippen LogP contribution in [0.2, 0.25) is 19.1 Å². The molecule has 0 aliphatic rings. The summed E-state index contributed by atoms with van der Waals surface area (Å²) in [4.78, 5) is 0. The third kappa shape index (κ3) is 15.0. The zero-order valence-electron chi connectivity index (χ0n) is 16.3. The van der Waals surface area contributed by atoms with E-state index in [9.17, 15) is 0 Å². The van der Waals surface area contributed by atoms with Crippen molar-refractivity contribution in [3.05, 3.63) is 0 Å². The van der Waals surface area contributed by atoms with Gasteiger partial charge in [-0.2, -0.15) is 5.26 Å². The lowest BCUT2D eigenvalue weighted by Crippen LogP contribution is -2.35. The van der Waals surface area contributed by atoms with Crippen molar-refractivity contribution in [1.29, 1.82) is 5.26 Å². The van der Waals surface area contributed by atoms with Crippen molar-refractivity contribution in [2.45, 2.75) is 123 Å². The van der Waals surface area contributed by atoms with Crippen LogP contribution in [0.4, 0.5) is 0 Å². The van der Waals surface area contributed by atoms with Gasteiger partial charge in [-0.25, -0.2) is 0 Å². The molecule has 3 heteroatoms. The second-order valence-electron chi connectivity index (χ2n) is 7.56. The van der Waals surface area contributed by atoms with Gasteiger partial charge in [0.15, 0.2) is 8.32 Å². The van der Waals surface area contributed by atoms with E-state index in [0.29, 0.717) is 12.5 Å². The van der Waals surface area contributed by atoms with Crippen LogP contribution in [0, 0.1) is 11.3 Å². The van der Waals surface area contributed by atoms with Crippen molar-refractivity contribution in [3.8, 4) is 6.07 Å². The average Bonchev–Trinajstić information content (AvgIpc) is 2.50. The lowest BCUT2D eigenvalue weighted by Gasteiger charge is -2.29. The number of nitriles is 1. The third-order valence-electron chi connectivity index (χ3n) is 4.54. The third-order valence-corrected chi connectivity index (χ3v) is 7.07. The number of nitrogens with zero attached hydrogens (tertiary/aromatic N) is 1. The molecule has 0 aromatic rings. The van der Waals surface area contributed by atoms with E-state index < -0.39 is 8.32 Å². The van der Waals surface area contributed by atoms with E-state index in [-0.39, 0.29) is 0 Å². The normalized spacial score (nSPS) is 13.0. The summed E-state index contributed by atoms with van der Waals surface area (Å²) < 4.78 is 6.51. The molecule has 0 aromatic carbocycles. The molecule has 0 N–H and O–H groups in total. The molecule has 1 atom stereocenters. The van der Waals surface area contributed by atoms with Crippen LogP contribution in [0.3, 0.4) is 0 Å². The van der Waals surface area contributed by atoms with Crippen molar-refractivity contribution >= 4 is 8.32 Å². The zero-order chi connectivity index (χ0) is 17.4. The Morgan fingerprint density at radius 1 is 0.826 bits per heavy atom. The van der Waals surface area contributed by atoms with E-state index in [4.69, 9.17) is 9.69 Å². The second kappa shape index (κ2) is 15.2. The number of unbranched alkanes of at least 4 members (excludes halogenated alkanes) is 8. The van der Waals surface area contributed by atoms with Crippen LogP contribution < -0.4 is 0 Å². The summed E-state index contributed by atoms with van der Waals surface area (Å²) in [5, 5.41) is 8.69. The Morgan fingerprint density at radius 2 is 1.43 bits per heavy atom. The van der Waals surface area contributed by atoms with Crippen molar-refractivity contribution < 1.29 is 4.43 Å². The monoisotopic (exact) mass is 339 g/mol. The average molecular weight is 340 g/mol. The number of rotatable bonds is 16. The smallest absolute Gasteiger partial charge is 0.187 e. The van der Waals surface area contributed by atoms with Crippen LogP contribution in [-0.2, 0) is 4.43 Å². The summed E-state index contributed by atoms with van der Waals surface area (Å²) in [7, 11) is -1.58. The van der Waals surface area contributed by atoms with E-state index in [1.807, 2.05) is 0 Å². The van der Waals surface area contributed by atoms with Gasteiger partial charge in [-0.05, 0) is 38.4 Å². The Labute approximate surface area is 147 Å². The van der Waals surface area contributed by atoms with Gasteiger partial charge < -0.3 is 4.43 Å². The first kappa shape index (κ1) is 22.7. The lowest BCUT2D eigenvalue weighted by molar-refractivity contribution is 0.165. The summed E-state index contributed by atoms with van der Waals surface area (Å²) in [6, 6.07) is 3.38. The van der Waals surface area contributed by atoms with Crippen LogP contribution in [0.25, 0.3) is 0 Å². The van der Waals surface area contributed by atoms with Gasteiger partial charge in [-0.1, -0.05) is 71.6 Å². The second-order valence-corrected chi connectivity index (χ2v) is 11.8. The minimum atomic E-state index is -1.58. The molecular weight excluding hydrogens is 298 g/mol. The van der Waals surface area contributed by atoms with Gasteiger partial charge in [-0.15, -0.1) is 0 Å². The topological polar surface area (TPSA) is 33.0 Å². The first-order valence-corrected chi connectivity index (χ1v) is 13.2. The number of hydrogen-bond donors (Lipinski definition) is 0. The molecule has 0 aliphatic carbocycles. The molecule has 0 amide bonds. The summed E-state index contributed by atoms with van der Waals surface area (Å²) >= 11 is 0. The molecule has 136 valence electrons. The predicted molar refractivity (Wildman–Crippen MR) is 104 cm³/mol. The molecule has 0 aliphatic heterocycles. The molecule has 0 radical (unpaired) electrons. The highest BCUT2D eigenvalue weighted by Gasteiger charge is 2.25. The largest absolute Gasteiger partial charge is 0.414 e. The fourth-order valence-electron chi connectivity index (χ4n) is 3.19. The van der Waals surface area contributed by atoms with Crippen molar-refractivity contribution in [1.82, 2.24) is 0 Å². The molecule has 0 bridgehead atoms. The van der Waals surface area contributed by atoms with Crippen LogP contribution >= 0.6 is 0 Å². The Bertz CT molecular complexity index is 299. The maximum Gasteiger partial charge on any atom is 0.187 e. The highest BCUT2D eigenvalue weighted by Crippen LogP contribution is 2.22. The first-order valence-electron chi connectivity index (χ1n) is 10.1. The quantitative estimate of drug-likeness (QED) is 0.220. The number of hydrogen-bond acceptors (Lipinski definition) is 2. The van der Waals surface area contributed by atoms with Gasteiger partial charge in [0, 0.05) is 12.5 Å². The van der Waals surface area contributed by atoms with Crippen LogP contribution in [0.15, 0.2) is 0 Å². The first-order chi connectivity index (χ1) is 11.1. The Hall–Kier alpha value is -0.333. The van der Waals surface area contributed by atoms with Crippen LogP contribution in [-0.4, -0.2) is 14.4 Å². The summed E-state index contributed by atoms with van der Waals surface area (Å²) in [6.07, 6.45) is 16.9. The van der Waals surface area contributed by atoms with Crippen molar-refractivity contribution in [2.75, 3.05) is 0 Å². The maximum absolute atomic E-state index is 8.69. The molecule has 23 heavy (non-hydrogen) atoms. The highest BCUT2D eigenvalue weighted by atomic mass is 28.4. The summed E-state index contributed by atoms with van der Waals surface area (Å²) in [5.41, 5.74) is 0. The predicted octanol–water partition coefficient (Wildman–Crippen LogP) is 7.21. The zero-order valence-corrected chi connectivity index (χ0v) is 17.3. The summed E-state index contributed by atoms with van der Waals surface area (Å²) in [6.45, 7) is 9.18. The Morgan fingerprint density at radius 3 is 2.00 bits per heavy atom. The maximum atomic E-state index is 8.69. The van der Waals surface area contributed by atoms with Crippen molar-refractivity contribution in [3.63, 3.8) is 0 Å². The fraction of sp³-hybridized carbons (Fsp3) is 0.950. The minimum absolute atomic E-state index is 0.462. The lowest BCUT2D eigenvalue weighted by atomic mass is 10.0. The molecule has 0 saturated carbocycles. The molecule has 2 nitrogen and oxygen atoms in total. The molecule has 0 heterocycles. The fourth-order valence-corrected chi connectivity index (χ4v) is 5.48.